The molecular weight excluding hydrogens is 651 g/mol. The van der Waals surface area contributed by atoms with Crippen molar-refractivity contribution < 1.29 is 27.4 Å². The minimum atomic E-state index is -3.30. The van der Waals surface area contributed by atoms with Crippen LogP contribution in [0.15, 0.2) is 43.4 Å². The number of anilines is 4. The third-order valence-corrected chi connectivity index (χ3v) is 12.8. The minimum absolute atomic E-state index is 0.00211. The summed E-state index contributed by atoms with van der Waals surface area (Å²) in [6, 6.07) is 3.38. The summed E-state index contributed by atoms with van der Waals surface area (Å²) in [7, 11) is -1.78. The van der Waals surface area contributed by atoms with Gasteiger partial charge in [-0.2, -0.15) is 4.98 Å². The standard InChI is InChI=1S/C34H43FN8O5S/c1-4-31(44)43-11-5-6-25(43)32-22-14-30(39-29-7-10-36-33(40-29)41-12-8-27(48-3)24(35)20-41)37-16-23(22)26(17-38-32)42-18-21(19-42)28-15-34(2,45)9-13-49(28,46)47/h4,7,10,14,16-17,21,24-25,27-28,45H,1,5-6,8-9,11-13,15,18-20H2,2-3H3,(H,36,37,39,40)/t24-,25?,27+,28?,34?/m0/s1. The number of hydrogen-bond donors (Lipinski definition) is 2. The van der Waals surface area contributed by atoms with Gasteiger partial charge in [-0.1, -0.05) is 6.58 Å². The molecule has 0 aliphatic carbocycles. The maximum atomic E-state index is 14.6. The summed E-state index contributed by atoms with van der Waals surface area (Å²) in [6.45, 7) is 7.76. The number of nitrogens with one attached hydrogen (secondary N) is 1. The number of amides is 1. The molecule has 3 aromatic heterocycles. The molecule has 4 saturated heterocycles. The summed E-state index contributed by atoms with van der Waals surface area (Å²) in [5.41, 5.74) is 0.591. The van der Waals surface area contributed by atoms with Crippen molar-refractivity contribution in [2.24, 2.45) is 5.92 Å². The maximum absolute atomic E-state index is 14.6. The molecule has 0 radical (unpaired) electrons. The molecule has 5 atom stereocenters. The van der Waals surface area contributed by atoms with Crippen LogP contribution in [0.2, 0.25) is 0 Å². The summed E-state index contributed by atoms with van der Waals surface area (Å²) >= 11 is 0. The average molecular weight is 695 g/mol. The van der Waals surface area contributed by atoms with Crippen LogP contribution in [0.5, 0.6) is 0 Å². The van der Waals surface area contributed by atoms with E-state index in [2.05, 4.69) is 26.8 Å². The van der Waals surface area contributed by atoms with Crippen LogP contribution in [0.1, 0.15) is 50.8 Å². The predicted molar refractivity (Wildman–Crippen MR) is 184 cm³/mol. The number of halogens is 1. The molecule has 3 aromatic rings. The van der Waals surface area contributed by atoms with Crippen LogP contribution in [0.3, 0.4) is 0 Å². The highest BCUT2D eigenvalue weighted by Crippen LogP contribution is 2.42. The molecule has 15 heteroatoms. The lowest BCUT2D eigenvalue weighted by atomic mass is 9.86. The van der Waals surface area contributed by atoms with Gasteiger partial charge in [0.25, 0.3) is 0 Å². The van der Waals surface area contributed by atoms with Gasteiger partial charge in [-0.15, -0.1) is 0 Å². The molecule has 0 aromatic carbocycles. The lowest BCUT2D eigenvalue weighted by molar-refractivity contribution is -0.126. The molecule has 7 rings (SSSR count). The molecular formula is C34H43FN8O5S. The Labute approximate surface area is 285 Å². The largest absolute Gasteiger partial charge is 0.390 e. The van der Waals surface area contributed by atoms with Gasteiger partial charge >= 0.3 is 0 Å². The van der Waals surface area contributed by atoms with Crippen LogP contribution in [-0.2, 0) is 19.4 Å². The number of sulfone groups is 1. The van der Waals surface area contributed by atoms with Crippen molar-refractivity contribution in [1.29, 1.82) is 0 Å². The number of aromatic nitrogens is 4. The first-order valence-electron chi connectivity index (χ1n) is 16.9. The second-order valence-electron chi connectivity index (χ2n) is 14.0. The fourth-order valence-corrected chi connectivity index (χ4v) is 10.2. The first-order chi connectivity index (χ1) is 23.5. The highest BCUT2D eigenvalue weighted by atomic mass is 32.2. The third-order valence-electron chi connectivity index (χ3n) is 10.6. The number of alkyl halides is 1. The van der Waals surface area contributed by atoms with E-state index >= 15 is 0 Å². The molecule has 4 aliphatic heterocycles. The molecule has 4 fully saturated rings. The zero-order valence-electron chi connectivity index (χ0n) is 27.8. The van der Waals surface area contributed by atoms with E-state index < -0.39 is 33.0 Å². The summed E-state index contributed by atoms with van der Waals surface area (Å²) in [5, 5.41) is 15.0. The van der Waals surface area contributed by atoms with Crippen LogP contribution < -0.4 is 15.1 Å². The Morgan fingerprint density at radius 1 is 1.12 bits per heavy atom. The topological polar surface area (TPSA) is 154 Å². The molecule has 7 heterocycles. The monoisotopic (exact) mass is 694 g/mol. The van der Waals surface area contributed by atoms with Crippen LogP contribution >= 0.6 is 0 Å². The molecule has 0 saturated carbocycles. The number of pyridine rings is 2. The summed E-state index contributed by atoms with van der Waals surface area (Å²) in [5.74, 6) is 1.16. The first kappa shape index (κ1) is 33.5. The number of methoxy groups -OCH3 is 1. The number of likely N-dealkylation sites (tertiary alicyclic amines) is 1. The Bertz CT molecular complexity index is 1860. The van der Waals surface area contributed by atoms with Gasteiger partial charge in [0.1, 0.15) is 17.8 Å². The second kappa shape index (κ2) is 13.1. The number of carbonyl (C=O) groups is 1. The number of hydrogen-bond acceptors (Lipinski definition) is 12. The second-order valence-corrected chi connectivity index (χ2v) is 16.3. The summed E-state index contributed by atoms with van der Waals surface area (Å²) < 4.78 is 45.8. The fourth-order valence-electron chi connectivity index (χ4n) is 7.77. The van der Waals surface area contributed by atoms with Gasteiger partial charge in [0.15, 0.2) is 9.84 Å². The smallest absolute Gasteiger partial charge is 0.246 e. The SMILES string of the molecule is C=CC(=O)N1CCCC1c1ncc(N2CC(C3CC(C)(O)CCS3(=O)=O)C2)c2cnc(Nc3ccnc(N4CC[C@@H](OC)[C@@H](F)C4)n3)cc12. The minimum Gasteiger partial charge on any atom is -0.390 e. The lowest BCUT2D eigenvalue weighted by Gasteiger charge is -2.47. The molecule has 262 valence electrons. The Morgan fingerprint density at radius 2 is 1.94 bits per heavy atom. The maximum Gasteiger partial charge on any atom is 0.246 e. The zero-order chi connectivity index (χ0) is 34.5. The van der Waals surface area contributed by atoms with Gasteiger partial charge in [0.05, 0.1) is 52.9 Å². The highest BCUT2D eigenvalue weighted by molar-refractivity contribution is 7.92. The van der Waals surface area contributed by atoms with Gasteiger partial charge < -0.3 is 29.9 Å². The van der Waals surface area contributed by atoms with Crippen molar-refractivity contribution in [3.8, 4) is 0 Å². The number of nitrogens with zero attached hydrogens (tertiary/aromatic N) is 7. The molecule has 1 amide bonds. The highest BCUT2D eigenvalue weighted by Gasteiger charge is 2.47. The average Bonchev–Trinajstić information content (AvgIpc) is 3.55. The van der Waals surface area contributed by atoms with Crippen LogP contribution in [0.25, 0.3) is 10.8 Å². The van der Waals surface area contributed by atoms with Crippen LogP contribution in [0.4, 0.5) is 27.7 Å². The van der Waals surface area contributed by atoms with Crippen molar-refractivity contribution >= 4 is 49.8 Å². The molecule has 13 nitrogen and oxygen atoms in total. The normalized spacial score (nSPS) is 28.8. The zero-order valence-corrected chi connectivity index (χ0v) is 28.6. The number of fused-ring (bicyclic) bond motifs is 1. The van der Waals surface area contributed by atoms with Crippen molar-refractivity contribution in [2.45, 2.75) is 68.2 Å². The molecule has 49 heavy (non-hydrogen) atoms. The fraction of sp³-hybridized carbons (Fsp3) is 0.559. The van der Waals surface area contributed by atoms with Gasteiger partial charge in [-0.3, -0.25) is 9.78 Å². The van der Waals surface area contributed by atoms with Crippen molar-refractivity contribution in [2.75, 3.05) is 60.7 Å². The van der Waals surface area contributed by atoms with Crippen molar-refractivity contribution in [1.82, 2.24) is 24.8 Å². The summed E-state index contributed by atoms with van der Waals surface area (Å²) in [6.07, 6.45) is 7.55. The Morgan fingerprint density at radius 3 is 2.69 bits per heavy atom. The van der Waals surface area contributed by atoms with E-state index in [-0.39, 0.29) is 43.0 Å². The number of aliphatic hydroxyl groups is 1. The van der Waals surface area contributed by atoms with Gasteiger partial charge in [0.2, 0.25) is 11.9 Å². The number of piperidine rings is 1. The van der Waals surface area contributed by atoms with E-state index in [0.717, 1.165) is 35.0 Å². The molecule has 4 aliphatic rings. The van der Waals surface area contributed by atoms with E-state index in [1.807, 2.05) is 6.07 Å². The van der Waals surface area contributed by atoms with E-state index in [4.69, 9.17) is 14.7 Å². The number of rotatable bonds is 8. The van der Waals surface area contributed by atoms with E-state index in [1.54, 1.807) is 41.4 Å². The molecule has 2 N–H and O–H groups in total. The lowest BCUT2D eigenvalue weighted by Crippen LogP contribution is -2.57. The van der Waals surface area contributed by atoms with Gasteiger partial charge in [0, 0.05) is 62.4 Å². The van der Waals surface area contributed by atoms with Crippen LogP contribution in [-0.4, -0.2) is 113 Å². The quantitative estimate of drug-likeness (QED) is 0.333. The number of ether oxygens (including phenoxy) is 1. The molecule has 3 unspecified atom stereocenters. The predicted octanol–water partition coefficient (Wildman–Crippen LogP) is 3.34. The first-order valence-corrected chi connectivity index (χ1v) is 18.6. The van der Waals surface area contributed by atoms with Crippen molar-refractivity contribution in [3.05, 3.63) is 49.1 Å². The van der Waals surface area contributed by atoms with E-state index in [0.29, 0.717) is 50.2 Å². The summed E-state index contributed by atoms with van der Waals surface area (Å²) in [4.78, 5) is 37.2. The Kier molecular flexibility index (Phi) is 8.94. The number of carbonyl (C=O) groups excluding carboxylic acids is 1. The molecule has 0 bridgehead atoms. The van der Waals surface area contributed by atoms with Gasteiger partial charge in [-0.25, -0.2) is 22.8 Å². The Hall–Kier alpha value is -3.95. The van der Waals surface area contributed by atoms with E-state index in [9.17, 15) is 22.7 Å². The Balaban J connectivity index is 1.18. The van der Waals surface area contributed by atoms with Gasteiger partial charge in [-0.05, 0) is 57.2 Å². The third kappa shape index (κ3) is 6.55. The molecule has 0 spiro atoms. The van der Waals surface area contributed by atoms with Crippen LogP contribution in [0, 0.1) is 5.92 Å². The van der Waals surface area contributed by atoms with Crippen molar-refractivity contribution in [3.63, 3.8) is 0 Å². The van der Waals surface area contributed by atoms with E-state index in [1.165, 1.54) is 13.2 Å².